The molecule has 7 heteroatoms. The summed E-state index contributed by atoms with van der Waals surface area (Å²) in [6.45, 7) is 2.28. The summed E-state index contributed by atoms with van der Waals surface area (Å²) in [5.41, 5.74) is -0.320. The summed E-state index contributed by atoms with van der Waals surface area (Å²) in [5, 5.41) is 9.22. The lowest BCUT2D eigenvalue weighted by atomic mass is 9.99. The molecule has 0 amide bonds. The van der Waals surface area contributed by atoms with E-state index < -0.39 is 23.4 Å². The molecule has 4 nitrogen and oxygen atoms in total. The van der Waals surface area contributed by atoms with Gasteiger partial charge in [0, 0.05) is 11.8 Å². The second-order valence-electron chi connectivity index (χ2n) is 5.24. The van der Waals surface area contributed by atoms with Crippen molar-refractivity contribution in [3.05, 3.63) is 65.5 Å². The van der Waals surface area contributed by atoms with E-state index in [0.717, 1.165) is 12.1 Å². The summed E-state index contributed by atoms with van der Waals surface area (Å²) in [6, 6.07) is 10.7. The van der Waals surface area contributed by atoms with Crippen LogP contribution < -0.4 is 4.74 Å². The third kappa shape index (κ3) is 4.70. The van der Waals surface area contributed by atoms with Gasteiger partial charge in [0.25, 0.3) is 0 Å². The lowest BCUT2D eigenvalue weighted by Crippen LogP contribution is -2.11. The van der Waals surface area contributed by atoms with Gasteiger partial charge < -0.3 is 4.74 Å². The molecule has 26 heavy (non-hydrogen) atoms. The van der Waals surface area contributed by atoms with Crippen LogP contribution in [0.25, 0.3) is 6.08 Å². The number of aromatic nitrogens is 1. The highest BCUT2D eigenvalue weighted by Gasteiger charge is 2.31. The van der Waals surface area contributed by atoms with Gasteiger partial charge in [-0.2, -0.15) is 18.4 Å². The molecule has 2 rings (SSSR count). The van der Waals surface area contributed by atoms with Crippen LogP contribution in [-0.2, 0) is 11.0 Å². The van der Waals surface area contributed by atoms with Crippen LogP contribution in [0.1, 0.15) is 29.7 Å². The van der Waals surface area contributed by atoms with Crippen molar-refractivity contribution in [2.75, 3.05) is 6.61 Å². The summed E-state index contributed by atoms with van der Waals surface area (Å²) in [6.07, 6.45) is -1.21. The first-order valence-electron chi connectivity index (χ1n) is 7.73. The lowest BCUT2D eigenvalue weighted by molar-refractivity contribution is -0.137. The number of halogens is 3. The van der Waals surface area contributed by atoms with Crippen molar-refractivity contribution in [1.82, 2.24) is 4.98 Å². The number of para-hydroxylation sites is 1. The highest BCUT2D eigenvalue weighted by atomic mass is 19.4. The average Bonchev–Trinajstić information content (AvgIpc) is 2.61. The molecule has 0 radical (unpaired) electrons. The van der Waals surface area contributed by atoms with Crippen molar-refractivity contribution in [2.45, 2.75) is 19.0 Å². The summed E-state index contributed by atoms with van der Waals surface area (Å²) >= 11 is 0. The Kier molecular flexibility index (Phi) is 6.12. The molecule has 1 aromatic heterocycles. The maximum Gasteiger partial charge on any atom is 0.417 e. The van der Waals surface area contributed by atoms with E-state index in [4.69, 9.17) is 4.74 Å². The fourth-order valence-electron chi connectivity index (χ4n) is 2.19. The van der Waals surface area contributed by atoms with Gasteiger partial charge in [-0.25, -0.2) is 0 Å². The molecule has 0 saturated heterocycles. The van der Waals surface area contributed by atoms with Gasteiger partial charge >= 0.3 is 6.18 Å². The predicted octanol–water partition coefficient (Wildman–Crippen LogP) is 4.39. The van der Waals surface area contributed by atoms with Gasteiger partial charge in [-0.05, 0) is 37.3 Å². The molecule has 0 bridgehead atoms. The molecule has 0 saturated carbocycles. The smallest absolute Gasteiger partial charge is 0.417 e. The van der Waals surface area contributed by atoms with Crippen molar-refractivity contribution in [2.24, 2.45) is 0 Å². The Hall–Kier alpha value is -3.14. The number of hydrogen-bond acceptors (Lipinski definition) is 4. The normalized spacial score (nSPS) is 12.6. The number of allylic oxidation sites excluding steroid dienone is 1. The Morgan fingerprint density at radius 3 is 2.62 bits per heavy atom. The topological polar surface area (TPSA) is 63.0 Å². The van der Waals surface area contributed by atoms with Gasteiger partial charge in [0.15, 0.2) is 11.7 Å². The summed E-state index contributed by atoms with van der Waals surface area (Å²) in [5.74, 6) is -1.28. The number of ether oxygens (including phenoxy) is 1. The maximum atomic E-state index is 12.6. The fourth-order valence-corrected chi connectivity index (χ4v) is 2.19. The van der Waals surface area contributed by atoms with Crippen LogP contribution in [-0.4, -0.2) is 17.4 Å². The lowest BCUT2D eigenvalue weighted by Gasteiger charge is -2.09. The molecule has 0 spiro atoms. The number of nitriles is 1. The monoisotopic (exact) mass is 360 g/mol. The number of ketones is 1. The fraction of sp³-hybridized carbons (Fsp3) is 0.211. The Morgan fingerprint density at radius 1 is 1.31 bits per heavy atom. The van der Waals surface area contributed by atoms with Gasteiger partial charge in [0.2, 0.25) is 0 Å². The first kappa shape index (κ1) is 19.2. The number of carbonyl (C=O) groups is 1. The first-order valence-corrected chi connectivity index (χ1v) is 7.73. The zero-order valence-electron chi connectivity index (χ0n) is 13.8. The Bertz CT molecular complexity index is 837. The van der Waals surface area contributed by atoms with E-state index in [2.05, 4.69) is 4.98 Å². The Labute approximate surface area is 148 Å². The van der Waals surface area contributed by atoms with Crippen LogP contribution in [0.4, 0.5) is 13.2 Å². The summed E-state index contributed by atoms with van der Waals surface area (Å²) in [7, 11) is 0. The molecular formula is C19H15F3N2O2. The van der Waals surface area contributed by atoms with E-state index in [9.17, 15) is 23.2 Å². The zero-order chi connectivity index (χ0) is 19.2. The number of alkyl halides is 3. The number of benzene rings is 1. The van der Waals surface area contributed by atoms with E-state index in [0.29, 0.717) is 24.1 Å². The van der Waals surface area contributed by atoms with Crippen LogP contribution in [0.2, 0.25) is 0 Å². The third-order valence-electron chi connectivity index (χ3n) is 3.47. The molecule has 0 N–H and O–H groups in total. The Morgan fingerprint density at radius 2 is 2.04 bits per heavy atom. The highest BCUT2D eigenvalue weighted by Crippen LogP contribution is 2.29. The second-order valence-corrected chi connectivity index (χ2v) is 5.24. The Balaban J connectivity index is 2.21. The van der Waals surface area contributed by atoms with Crippen LogP contribution >= 0.6 is 0 Å². The van der Waals surface area contributed by atoms with Crippen molar-refractivity contribution in [1.29, 1.82) is 5.26 Å². The van der Waals surface area contributed by atoms with Crippen molar-refractivity contribution in [3.63, 3.8) is 0 Å². The summed E-state index contributed by atoms with van der Waals surface area (Å²) in [4.78, 5) is 15.9. The molecule has 0 aliphatic rings. The average molecular weight is 360 g/mol. The quantitative estimate of drug-likeness (QED) is 0.717. The minimum absolute atomic E-state index is 0.0340. The van der Waals surface area contributed by atoms with Gasteiger partial charge in [0.1, 0.15) is 5.75 Å². The standard InChI is InChI=1S/C19H15F3N2O2/c1-2-26-18-6-4-3-5-13(18)7-10-17(25)15(11-23)16-9-8-14(12-24-16)19(20,21)22/h3-10,12,15H,2H2,1H3/b10-7+. The number of carbonyl (C=O) groups excluding carboxylic acids is 1. The molecule has 1 unspecified atom stereocenters. The van der Waals surface area contributed by atoms with Crippen LogP contribution in [0.3, 0.4) is 0 Å². The van der Waals surface area contributed by atoms with Gasteiger partial charge in [-0.3, -0.25) is 9.78 Å². The minimum atomic E-state index is -4.53. The van der Waals surface area contributed by atoms with Crippen molar-refractivity contribution >= 4 is 11.9 Å². The molecule has 1 heterocycles. The second kappa shape index (κ2) is 8.30. The molecule has 134 valence electrons. The largest absolute Gasteiger partial charge is 0.493 e. The van der Waals surface area contributed by atoms with Crippen LogP contribution in [0.15, 0.2) is 48.7 Å². The number of nitrogens with zero attached hydrogens (tertiary/aromatic N) is 2. The first-order chi connectivity index (χ1) is 12.4. The molecule has 1 aromatic carbocycles. The van der Waals surface area contributed by atoms with E-state index in [1.54, 1.807) is 30.3 Å². The number of rotatable bonds is 6. The number of pyridine rings is 1. The highest BCUT2D eigenvalue weighted by molar-refractivity contribution is 6.00. The third-order valence-corrected chi connectivity index (χ3v) is 3.47. The van der Waals surface area contributed by atoms with Crippen LogP contribution in [0.5, 0.6) is 5.75 Å². The van der Waals surface area contributed by atoms with E-state index >= 15 is 0 Å². The van der Waals surface area contributed by atoms with E-state index in [1.165, 1.54) is 12.2 Å². The molecular weight excluding hydrogens is 345 g/mol. The van der Waals surface area contributed by atoms with Crippen molar-refractivity contribution < 1.29 is 22.7 Å². The van der Waals surface area contributed by atoms with Crippen molar-refractivity contribution in [3.8, 4) is 11.8 Å². The van der Waals surface area contributed by atoms with E-state index in [1.807, 2.05) is 6.92 Å². The minimum Gasteiger partial charge on any atom is -0.493 e. The zero-order valence-corrected chi connectivity index (χ0v) is 13.8. The molecule has 0 fully saturated rings. The molecule has 0 aliphatic heterocycles. The maximum absolute atomic E-state index is 12.6. The molecule has 1 atom stereocenters. The van der Waals surface area contributed by atoms with Gasteiger partial charge in [0.05, 0.1) is 23.9 Å². The van der Waals surface area contributed by atoms with E-state index in [-0.39, 0.29) is 5.69 Å². The van der Waals surface area contributed by atoms with Gasteiger partial charge in [-0.15, -0.1) is 0 Å². The van der Waals surface area contributed by atoms with Crippen LogP contribution in [0, 0.1) is 11.3 Å². The molecule has 2 aromatic rings. The number of hydrogen-bond donors (Lipinski definition) is 0. The van der Waals surface area contributed by atoms with Gasteiger partial charge in [-0.1, -0.05) is 18.2 Å². The SMILES string of the molecule is CCOc1ccccc1/C=C/C(=O)C(C#N)c1ccc(C(F)(F)F)cn1. The summed E-state index contributed by atoms with van der Waals surface area (Å²) < 4.78 is 43.2. The molecule has 0 aliphatic carbocycles. The predicted molar refractivity (Wildman–Crippen MR) is 89.2 cm³/mol.